The number of para-hydroxylation sites is 1. The van der Waals surface area contributed by atoms with Crippen LogP contribution in [0.25, 0.3) is 5.57 Å². The van der Waals surface area contributed by atoms with Gasteiger partial charge in [0.25, 0.3) is 11.5 Å². The third-order valence-corrected chi connectivity index (χ3v) is 8.31. The zero-order valence-electron chi connectivity index (χ0n) is 23.0. The van der Waals surface area contributed by atoms with E-state index in [1.807, 2.05) is 62.4 Å². The van der Waals surface area contributed by atoms with E-state index in [4.69, 9.17) is 9.73 Å². The molecular weight excluding hydrogens is 510 g/mol. The van der Waals surface area contributed by atoms with Gasteiger partial charge >= 0.3 is 5.97 Å². The maximum absolute atomic E-state index is 14.2. The summed E-state index contributed by atoms with van der Waals surface area (Å²) in [6, 6.07) is 14.9. The summed E-state index contributed by atoms with van der Waals surface area (Å²) in [6.07, 6.45) is 1.34. The highest BCUT2D eigenvalue weighted by Crippen LogP contribution is 2.36. The first-order valence-corrected chi connectivity index (χ1v) is 14.4. The van der Waals surface area contributed by atoms with E-state index in [2.05, 4.69) is 13.8 Å². The van der Waals surface area contributed by atoms with Crippen molar-refractivity contribution in [1.29, 1.82) is 0 Å². The van der Waals surface area contributed by atoms with Gasteiger partial charge in [0.05, 0.1) is 35.2 Å². The summed E-state index contributed by atoms with van der Waals surface area (Å²) >= 11 is 1.22. The Morgan fingerprint density at radius 3 is 2.41 bits per heavy atom. The summed E-state index contributed by atoms with van der Waals surface area (Å²) in [6.45, 7) is 10.7. The third kappa shape index (κ3) is 4.46. The van der Waals surface area contributed by atoms with Gasteiger partial charge in [0.2, 0.25) is 0 Å². The van der Waals surface area contributed by atoms with Gasteiger partial charge in [-0.25, -0.2) is 9.79 Å². The molecule has 5 rings (SSSR count). The Hall–Kier alpha value is -3.78. The van der Waals surface area contributed by atoms with Gasteiger partial charge in [-0.15, -0.1) is 0 Å². The number of anilines is 1. The molecule has 2 aromatic carbocycles. The van der Waals surface area contributed by atoms with Crippen molar-refractivity contribution >= 4 is 34.5 Å². The van der Waals surface area contributed by atoms with Crippen LogP contribution >= 0.6 is 11.3 Å². The molecule has 2 aliphatic rings. The number of thiazole rings is 1. The second kappa shape index (κ2) is 10.8. The maximum Gasteiger partial charge on any atom is 0.338 e. The summed E-state index contributed by atoms with van der Waals surface area (Å²) in [4.78, 5) is 48.2. The first-order chi connectivity index (χ1) is 18.8. The Balaban J connectivity index is 1.83. The van der Waals surface area contributed by atoms with Gasteiger partial charge in [-0.1, -0.05) is 81.0 Å². The monoisotopic (exact) mass is 543 g/mol. The van der Waals surface area contributed by atoms with Crippen LogP contribution in [0.15, 0.2) is 69.6 Å². The third-order valence-electron chi connectivity index (χ3n) is 7.25. The number of carbonyl (C=O) groups excluding carboxylic acids is 2. The second-order valence-corrected chi connectivity index (χ2v) is 11.0. The van der Waals surface area contributed by atoms with Crippen molar-refractivity contribution in [2.45, 2.75) is 59.4 Å². The topological polar surface area (TPSA) is 81.0 Å². The standard InChI is InChI=1S/C31H33N3O4S/c1-6-11-22-25(30(37)38-8-3)26(20-16-14-19(15-17-20)18(4)5)34-29(36)27(39-31(34)32-22)24-21-12-9-10-13-23(21)33(7-2)28(24)35/h9-10,12-18,26H,6-8,11H2,1-5H3/b27-24+/t26-/m1/s1. The molecule has 8 heteroatoms. The molecule has 0 spiro atoms. The van der Waals surface area contributed by atoms with Gasteiger partial charge in [-0.05, 0) is 43.4 Å². The van der Waals surface area contributed by atoms with Crippen molar-refractivity contribution in [3.05, 3.63) is 96.2 Å². The molecule has 0 bridgehead atoms. The van der Waals surface area contributed by atoms with E-state index in [-0.39, 0.29) is 18.1 Å². The first kappa shape index (κ1) is 26.8. The number of nitrogens with zero attached hydrogens (tertiary/aromatic N) is 3. The van der Waals surface area contributed by atoms with Crippen LogP contribution in [0.5, 0.6) is 0 Å². The number of fused-ring (bicyclic) bond motifs is 2. The van der Waals surface area contributed by atoms with Crippen LogP contribution in [0, 0.1) is 0 Å². The predicted octanol–water partition coefficient (Wildman–Crippen LogP) is 4.44. The van der Waals surface area contributed by atoms with Crippen molar-refractivity contribution in [3.8, 4) is 0 Å². The minimum Gasteiger partial charge on any atom is -0.463 e. The normalized spacial score (nSPS) is 17.8. The molecule has 0 fully saturated rings. The van der Waals surface area contributed by atoms with E-state index < -0.39 is 12.0 Å². The number of ether oxygens (including phenoxy) is 1. The number of allylic oxidation sites excluding steroid dienone is 1. The van der Waals surface area contributed by atoms with E-state index in [0.717, 1.165) is 28.8 Å². The average molecular weight is 544 g/mol. The van der Waals surface area contributed by atoms with E-state index in [0.29, 0.717) is 45.1 Å². The van der Waals surface area contributed by atoms with Crippen LogP contribution in [-0.2, 0) is 14.3 Å². The summed E-state index contributed by atoms with van der Waals surface area (Å²) < 4.78 is 7.41. The Morgan fingerprint density at radius 2 is 1.77 bits per heavy atom. The smallest absolute Gasteiger partial charge is 0.338 e. The number of esters is 1. The van der Waals surface area contributed by atoms with Gasteiger partial charge in [-0.2, -0.15) is 0 Å². The Kier molecular flexibility index (Phi) is 7.40. The summed E-state index contributed by atoms with van der Waals surface area (Å²) in [5.41, 5.74) is 4.58. The predicted molar refractivity (Wildman–Crippen MR) is 154 cm³/mol. The van der Waals surface area contributed by atoms with Crippen LogP contribution in [-0.4, -0.2) is 29.6 Å². The molecule has 1 atom stereocenters. The van der Waals surface area contributed by atoms with E-state index >= 15 is 0 Å². The van der Waals surface area contributed by atoms with Crippen LogP contribution in [0.2, 0.25) is 0 Å². The molecule has 0 N–H and O–H groups in total. The van der Waals surface area contributed by atoms with Crippen molar-refractivity contribution in [2.24, 2.45) is 4.99 Å². The molecule has 0 aliphatic carbocycles. The molecule has 3 aromatic rings. The average Bonchev–Trinajstić information content (AvgIpc) is 3.40. The summed E-state index contributed by atoms with van der Waals surface area (Å²) in [5.74, 6) is -0.325. The SMILES string of the molecule is CCCC1=C(C(=O)OCC)[C@@H](c2ccc(C(C)C)cc2)n2c(s/c(=C3/C(=O)N(CC)c4ccccc43)c2=O)=N1. The molecular formula is C31H33N3O4S. The fraction of sp³-hybridized carbons (Fsp3) is 0.355. The van der Waals surface area contributed by atoms with E-state index in [9.17, 15) is 14.4 Å². The van der Waals surface area contributed by atoms with Gasteiger partial charge in [-0.3, -0.25) is 14.2 Å². The molecule has 0 unspecified atom stereocenters. The van der Waals surface area contributed by atoms with Crippen molar-refractivity contribution in [3.63, 3.8) is 0 Å². The Morgan fingerprint density at radius 1 is 1.05 bits per heavy atom. The lowest BCUT2D eigenvalue weighted by Gasteiger charge is -2.26. The lowest BCUT2D eigenvalue weighted by Crippen LogP contribution is -2.41. The first-order valence-electron chi connectivity index (χ1n) is 13.6. The van der Waals surface area contributed by atoms with Crippen molar-refractivity contribution in [2.75, 3.05) is 18.1 Å². The molecule has 39 heavy (non-hydrogen) atoms. The number of hydrogen-bond acceptors (Lipinski definition) is 6. The van der Waals surface area contributed by atoms with Crippen LogP contribution < -0.4 is 19.8 Å². The Bertz CT molecular complexity index is 1660. The van der Waals surface area contributed by atoms with Crippen LogP contribution in [0.1, 0.15) is 76.1 Å². The van der Waals surface area contributed by atoms with E-state index in [1.54, 1.807) is 16.4 Å². The molecule has 1 aromatic heterocycles. The largest absolute Gasteiger partial charge is 0.463 e. The molecule has 0 saturated heterocycles. The molecule has 0 radical (unpaired) electrons. The molecule has 2 aliphatic heterocycles. The zero-order chi connectivity index (χ0) is 27.8. The minimum atomic E-state index is -0.702. The number of amides is 1. The summed E-state index contributed by atoms with van der Waals surface area (Å²) in [5, 5.41) is 0. The number of rotatable bonds is 7. The van der Waals surface area contributed by atoms with Crippen molar-refractivity contribution in [1.82, 2.24) is 4.57 Å². The number of aromatic nitrogens is 1. The molecule has 1 amide bonds. The molecule has 0 saturated carbocycles. The minimum absolute atomic E-state index is 0.194. The van der Waals surface area contributed by atoms with Crippen LogP contribution in [0.3, 0.4) is 0 Å². The maximum atomic E-state index is 14.2. The lowest BCUT2D eigenvalue weighted by atomic mass is 9.92. The van der Waals surface area contributed by atoms with Gasteiger partial charge < -0.3 is 9.64 Å². The fourth-order valence-electron chi connectivity index (χ4n) is 5.36. The highest BCUT2D eigenvalue weighted by atomic mass is 32.1. The summed E-state index contributed by atoms with van der Waals surface area (Å²) in [7, 11) is 0. The number of likely N-dealkylation sites (N-methyl/N-ethyl adjacent to an activating group) is 1. The number of hydrogen-bond donors (Lipinski definition) is 0. The van der Waals surface area contributed by atoms with Gasteiger partial charge in [0.1, 0.15) is 4.53 Å². The zero-order valence-corrected chi connectivity index (χ0v) is 23.8. The highest BCUT2D eigenvalue weighted by Gasteiger charge is 2.37. The van der Waals surface area contributed by atoms with Crippen molar-refractivity contribution < 1.29 is 14.3 Å². The lowest BCUT2D eigenvalue weighted by molar-refractivity contribution is -0.139. The number of benzene rings is 2. The molecule has 202 valence electrons. The fourth-order valence-corrected chi connectivity index (χ4v) is 6.47. The van der Waals surface area contributed by atoms with Gasteiger partial charge in [0.15, 0.2) is 4.80 Å². The van der Waals surface area contributed by atoms with Crippen LogP contribution in [0.4, 0.5) is 5.69 Å². The molecule has 7 nitrogen and oxygen atoms in total. The Labute approximate surface area is 231 Å². The van der Waals surface area contributed by atoms with Gasteiger partial charge in [0, 0.05) is 12.1 Å². The number of carbonyl (C=O) groups is 2. The second-order valence-electron chi connectivity index (χ2n) is 10.00. The highest BCUT2D eigenvalue weighted by molar-refractivity contribution is 7.07. The molecule has 3 heterocycles. The quantitative estimate of drug-likeness (QED) is 0.413. The van der Waals surface area contributed by atoms with E-state index in [1.165, 1.54) is 11.3 Å².